The van der Waals surface area contributed by atoms with Crippen LogP contribution in [-0.2, 0) is 17.6 Å². The summed E-state index contributed by atoms with van der Waals surface area (Å²) in [5.41, 5.74) is 4.57. The van der Waals surface area contributed by atoms with Gasteiger partial charge in [-0.3, -0.25) is 19.5 Å². The molecule has 2 aromatic carbocycles. The number of nitrogens with zero attached hydrogens (tertiary/aromatic N) is 2. The summed E-state index contributed by atoms with van der Waals surface area (Å²) in [4.78, 5) is 34.2. The van der Waals surface area contributed by atoms with Crippen molar-refractivity contribution in [2.75, 3.05) is 32.2 Å². The Hall–Kier alpha value is -3.45. The molecule has 0 N–H and O–H groups in total. The van der Waals surface area contributed by atoms with Gasteiger partial charge in [0.2, 0.25) is 5.91 Å². The highest BCUT2D eigenvalue weighted by molar-refractivity contribution is 7.17. The highest BCUT2D eigenvalue weighted by atomic mass is 32.1. The number of methoxy groups -OCH3 is 2. The molecule has 34 heavy (non-hydrogen) atoms. The van der Waals surface area contributed by atoms with Crippen molar-refractivity contribution < 1.29 is 19.1 Å². The number of thiophene rings is 1. The fourth-order valence-electron chi connectivity index (χ4n) is 4.59. The molecule has 6 nitrogen and oxygen atoms in total. The fourth-order valence-corrected chi connectivity index (χ4v) is 5.99. The Morgan fingerprint density at radius 3 is 2.56 bits per heavy atom. The Balaban J connectivity index is 1.57. The molecule has 3 aromatic rings. The van der Waals surface area contributed by atoms with Crippen LogP contribution in [0.25, 0.3) is 0 Å². The van der Waals surface area contributed by atoms with Crippen LogP contribution < -0.4 is 14.4 Å². The molecule has 1 amide bonds. The summed E-state index contributed by atoms with van der Waals surface area (Å²) in [6.07, 6.45) is 4.21. The first-order valence-electron chi connectivity index (χ1n) is 11.4. The lowest BCUT2D eigenvalue weighted by Crippen LogP contribution is -2.36. The summed E-state index contributed by atoms with van der Waals surface area (Å²) in [5.74, 6) is 1.09. The van der Waals surface area contributed by atoms with E-state index in [4.69, 9.17) is 14.5 Å². The van der Waals surface area contributed by atoms with Crippen LogP contribution in [-0.4, -0.2) is 44.7 Å². The number of hydrogen-bond acceptors (Lipinski definition) is 6. The number of carbonyl (C=O) groups is 2. The van der Waals surface area contributed by atoms with Crippen molar-refractivity contribution >= 4 is 33.7 Å². The quantitative estimate of drug-likeness (QED) is 0.485. The molecule has 0 spiro atoms. The van der Waals surface area contributed by atoms with Crippen molar-refractivity contribution in [2.24, 2.45) is 4.99 Å². The molecule has 1 aliphatic heterocycles. The van der Waals surface area contributed by atoms with Crippen LogP contribution >= 0.6 is 11.3 Å². The van der Waals surface area contributed by atoms with E-state index in [0.717, 1.165) is 53.3 Å². The van der Waals surface area contributed by atoms with Gasteiger partial charge < -0.3 is 9.47 Å². The summed E-state index contributed by atoms with van der Waals surface area (Å²) < 4.78 is 10.6. The van der Waals surface area contributed by atoms with Gasteiger partial charge in [0.25, 0.3) is 0 Å². The van der Waals surface area contributed by atoms with Gasteiger partial charge in [0.05, 0.1) is 26.5 Å². The number of ether oxygens (including phenoxy) is 2. The van der Waals surface area contributed by atoms with E-state index in [9.17, 15) is 9.59 Å². The molecule has 5 rings (SSSR count). The third kappa shape index (κ3) is 4.12. The van der Waals surface area contributed by atoms with E-state index in [-0.39, 0.29) is 24.8 Å². The van der Waals surface area contributed by atoms with Gasteiger partial charge in [0.15, 0.2) is 5.78 Å². The summed E-state index contributed by atoms with van der Waals surface area (Å²) in [6, 6.07) is 14.8. The van der Waals surface area contributed by atoms with Crippen molar-refractivity contribution in [3.05, 3.63) is 75.7 Å². The molecule has 0 bridgehead atoms. The second-order valence-corrected chi connectivity index (χ2v) is 9.50. The number of aryl methyl sites for hydroxylation is 1. The SMILES string of the molecule is COc1ccc(C2=NCC(=O)N(CC(=O)c3cccc(OC)c3)c3sc4c(c32)CCCC4)cc1. The molecular formula is C27H26N2O4S. The molecule has 0 saturated heterocycles. The average Bonchev–Trinajstić information content (AvgIpc) is 3.20. The molecule has 0 unspecified atom stereocenters. The smallest absolute Gasteiger partial charge is 0.249 e. The molecule has 0 atom stereocenters. The first kappa shape index (κ1) is 22.3. The maximum absolute atomic E-state index is 13.3. The Bertz CT molecular complexity index is 1280. The van der Waals surface area contributed by atoms with Crippen LogP contribution in [0, 0.1) is 0 Å². The lowest BCUT2D eigenvalue weighted by Gasteiger charge is -2.20. The first-order chi connectivity index (χ1) is 16.6. The lowest BCUT2D eigenvalue weighted by atomic mass is 9.91. The van der Waals surface area contributed by atoms with Crippen LogP contribution in [0.2, 0.25) is 0 Å². The summed E-state index contributed by atoms with van der Waals surface area (Å²) >= 11 is 1.64. The Kier molecular flexibility index (Phi) is 6.20. The molecule has 7 heteroatoms. The van der Waals surface area contributed by atoms with Gasteiger partial charge in [-0.25, -0.2) is 0 Å². The van der Waals surface area contributed by atoms with E-state index in [1.54, 1.807) is 54.7 Å². The van der Waals surface area contributed by atoms with Gasteiger partial charge in [-0.1, -0.05) is 12.1 Å². The number of amides is 1. The minimum Gasteiger partial charge on any atom is -0.497 e. The van der Waals surface area contributed by atoms with Crippen LogP contribution in [0.5, 0.6) is 11.5 Å². The van der Waals surface area contributed by atoms with Crippen molar-refractivity contribution in [3.8, 4) is 11.5 Å². The van der Waals surface area contributed by atoms with Crippen LogP contribution in [0.4, 0.5) is 5.00 Å². The number of carbonyl (C=O) groups excluding carboxylic acids is 2. The van der Waals surface area contributed by atoms with Crippen molar-refractivity contribution in [2.45, 2.75) is 25.7 Å². The predicted octanol–water partition coefficient (Wildman–Crippen LogP) is 4.71. The van der Waals surface area contributed by atoms with E-state index >= 15 is 0 Å². The third-order valence-corrected chi connectivity index (χ3v) is 7.68. The largest absolute Gasteiger partial charge is 0.497 e. The zero-order valence-corrected chi connectivity index (χ0v) is 20.1. The number of Topliss-reactive ketones (excluding diaryl/α,β-unsaturated/α-hetero) is 1. The second kappa shape index (κ2) is 9.43. The standard InChI is InChI=1S/C27H26N2O4S/c1-32-19-12-10-17(11-13-19)26-25-21-8-3-4-9-23(21)34-27(25)29(24(31)15-28-26)16-22(30)18-6-5-7-20(14-18)33-2/h5-7,10-14H,3-4,8-9,15-16H2,1-2H3. The van der Waals surface area contributed by atoms with Gasteiger partial charge in [0, 0.05) is 21.6 Å². The molecule has 174 valence electrons. The maximum atomic E-state index is 13.3. The Morgan fingerprint density at radius 1 is 1.03 bits per heavy atom. The Morgan fingerprint density at radius 2 is 1.79 bits per heavy atom. The minimum absolute atomic E-state index is 0.00290. The number of rotatable bonds is 6. The van der Waals surface area contributed by atoms with Crippen LogP contribution in [0.15, 0.2) is 53.5 Å². The minimum atomic E-state index is -0.167. The van der Waals surface area contributed by atoms with Crippen LogP contribution in [0.3, 0.4) is 0 Å². The summed E-state index contributed by atoms with van der Waals surface area (Å²) in [5, 5.41) is 0.834. The van der Waals surface area contributed by atoms with E-state index in [1.807, 2.05) is 24.3 Å². The molecule has 0 fully saturated rings. The molecule has 2 heterocycles. The van der Waals surface area contributed by atoms with Gasteiger partial charge >= 0.3 is 0 Å². The lowest BCUT2D eigenvalue weighted by molar-refractivity contribution is -0.117. The maximum Gasteiger partial charge on any atom is 0.249 e. The third-order valence-electron chi connectivity index (χ3n) is 6.37. The zero-order chi connectivity index (χ0) is 23.7. The van der Waals surface area contributed by atoms with E-state index < -0.39 is 0 Å². The first-order valence-corrected chi connectivity index (χ1v) is 12.2. The van der Waals surface area contributed by atoms with E-state index in [1.165, 1.54) is 10.4 Å². The van der Waals surface area contributed by atoms with Crippen molar-refractivity contribution in [1.82, 2.24) is 0 Å². The topological polar surface area (TPSA) is 68.2 Å². The van der Waals surface area contributed by atoms with Crippen molar-refractivity contribution in [1.29, 1.82) is 0 Å². The molecule has 1 aliphatic carbocycles. The predicted molar refractivity (Wildman–Crippen MR) is 134 cm³/mol. The average molecular weight is 475 g/mol. The summed E-state index contributed by atoms with van der Waals surface area (Å²) in [7, 11) is 3.21. The van der Waals surface area contributed by atoms with Gasteiger partial charge in [0.1, 0.15) is 23.0 Å². The molecule has 1 aromatic heterocycles. The van der Waals surface area contributed by atoms with E-state index in [2.05, 4.69) is 0 Å². The molecular weight excluding hydrogens is 448 g/mol. The Labute approximate surface area is 202 Å². The molecule has 2 aliphatic rings. The number of benzene rings is 2. The van der Waals surface area contributed by atoms with Gasteiger partial charge in [-0.05, 0) is 67.6 Å². The monoisotopic (exact) mass is 474 g/mol. The van der Waals surface area contributed by atoms with E-state index in [0.29, 0.717) is 11.3 Å². The van der Waals surface area contributed by atoms with Crippen molar-refractivity contribution in [3.63, 3.8) is 0 Å². The number of aliphatic imine (C=N–C) groups is 1. The number of hydrogen-bond donors (Lipinski definition) is 0. The second-order valence-electron chi connectivity index (χ2n) is 8.42. The van der Waals surface area contributed by atoms with Crippen LogP contribution in [0.1, 0.15) is 44.8 Å². The highest BCUT2D eigenvalue weighted by Crippen LogP contribution is 2.43. The van der Waals surface area contributed by atoms with Gasteiger partial charge in [-0.15, -0.1) is 11.3 Å². The fraction of sp³-hybridized carbons (Fsp3) is 0.296. The number of ketones is 1. The number of anilines is 1. The zero-order valence-electron chi connectivity index (χ0n) is 19.3. The normalized spacial score (nSPS) is 15.2. The highest BCUT2D eigenvalue weighted by Gasteiger charge is 2.33. The number of fused-ring (bicyclic) bond motifs is 3. The molecule has 0 saturated carbocycles. The van der Waals surface area contributed by atoms with Gasteiger partial charge in [-0.2, -0.15) is 0 Å². The summed E-state index contributed by atoms with van der Waals surface area (Å²) in [6.45, 7) is -0.0211. The molecule has 0 radical (unpaired) electrons.